The van der Waals surface area contributed by atoms with Crippen LogP contribution in [0.4, 0.5) is 0 Å². The molecule has 1 heterocycles. The van der Waals surface area contributed by atoms with Gasteiger partial charge in [-0.15, -0.1) is 0 Å². The molecule has 1 aliphatic rings. The van der Waals surface area contributed by atoms with E-state index in [1.807, 2.05) is 18.2 Å². The summed E-state index contributed by atoms with van der Waals surface area (Å²) in [7, 11) is 0. The third kappa shape index (κ3) is 2.69. The summed E-state index contributed by atoms with van der Waals surface area (Å²) in [6.07, 6.45) is 4.97. The molecule has 0 spiro atoms. The maximum Gasteiger partial charge on any atom is 0.267 e. The van der Waals surface area contributed by atoms with Gasteiger partial charge >= 0.3 is 0 Å². The Hall–Kier alpha value is -2.36. The highest BCUT2D eigenvalue weighted by molar-refractivity contribution is 5.99. The average molecular weight is 296 g/mol. The van der Waals surface area contributed by atoms with E-state index in [1.165, 1.54) is 18.9 Å². The van der Waals surface area contributed by atoms with Gasteiger partial charge < -0.3 is 10.3 Å². The van der Waals surface area contributed by atoms with Crippen molar-refractivity contribution < 1.29 is 9.59 Å². The number of Topliss-reactive ketones (excluding diaryl/α,β-unsaturated/α-hetero) is 1. The van der Waals surface area contributed by atoms with Crippen LogP contribution in [0.5, 0.6) is 0 Å². The van der Waals surface area contributed by atoms with Gasteiger partial charge in [-0.2, -0.15) is 0 Å². The van der Waals surface area contributed by atoms with Crippen LogP contribution >= 0.6 is 0 Å². The summed E-state index contributed by atoms with van der Waals surface area (Å²) < 4.78 is 0. The van der Waals surface area contributed by atoms with Crippen molar-refractivity contribution in [2.45, 2.75) is 31.6 Å². The van der Waals surface area contributed by atoms with Crippen molar-refractivity contribution in [2.24, 2.45) is 0 Å². The summed E-state index contributed by atoms with van der Waals surface area (Å²) in [5.74, 6) is -0.204. The van der Waals surface area contributed by atoms with E-state index in [1.54, 1.807) is 12.3 Å². The summed E-state index contributed by atoms with van der Waals surface area (Å²) in [6, 6.07) is 12.0. The molecule has 1 amide bonds. The number of aromatic amines is 1. The zero-order chi connectivity index (χ0) is 15.6. The summed E-state index contributed by atoms with van der Waals surface area (Å²) in [4.78, 5) is 26.4. The van der Waals surface area contributed by atoms with Crippen molar-refractivity contribution >= 4 is 11.7 Å². The Balaban J connectivity index is 1.68. The standard InChI is InChI=1S/C18H20N2O2/c1-13(21)14-10-16(19-11-14)17(22)20-12-18(8-5-9-18)15-6-3-2-4-7-15/h2-4,6-7,10-11,19H,5,8-9,12H2,1H3,(H,20,22). The SMILES string of the molecule is CC(=O)c1c[nH]c(C(=O)NCC2(c3ccccc3)CCC2)c1. The van der Waals surface area contributed by atoms with Gasteiger partial charge in [-0.25, -0.2) is 0 Å². The summed E-state index contributed by atoms with van der Waals surface area (Å²) in [6.45, 7) is 2.12. The van der Waals surface area contributed by atoms with E-state index < -0.39 is 0 Å². The van der Waals surface area contributed by atoms with Gasteiger partial charge in [0.25, 0.3) is 5.91 Å². The molecule has 1 aromatic heterocycles. The van der Waals surface area contributed by atoms with E-state index in [-0.39, 0.29) is 17.1 Å². The number of nitrogens with one attached hydrogen (secondary N) is 2. The molecule has 3 rings (SSSR count). The second kappa shape index (κ2) is 5.79. The molecule has 4 nitrogen and oxygen atoms in total. The minimum atomic E-state index is -0.158. The van der Waals surface area contributed by atoms with Crippen molar-refractivity contribution in [3.63, 3.8) is 0 Å². The van der Waals surface area contributed by atoms with Crippen LogP contribution in [0.15, 0.2) is 42.6 Å². The number of rotatable bonds is 5. The van der Waals surface area contributed by atoms with Crippen molar-refractivity contribution in [3.05, 3.63) is 59.4 Å². The number of hydrogen-bond acceptors (Lipinski definition) is 2. The van der Waals surface area contributed by atoms with Crippen LogP contribution < -0.4 is 5.32 Å². The van der Waals surface area contributed by atoms with Crippen LogP contribution in [-0.4, -0.2) is 23.2 Å². The first-order valence-corrected chi connectivity index (χ1v) is 7.64. The van der Waals surface area contributed by atoms with Crippen LogP contribution in [-0.2, 0) is 5.41 Å². The second-order valence-corrected chi connectivity index (χ2v) is 6.04. The maximum atomic E-state index is 12.2. The molecule has 0 aliphatic heterocycles. The fraction of sp³-hybridized carbons (Fsp3) is 0.333. The monoisotopic (exact) mass is 296 g/mol. The van der Waals surface area contributed by atoms with Crippen molar-refractivity contribution in [3.8, 4) is 0 Å². The Morgan fingerprint density at radius 3 is 2.50 bits per heavy atom. The molecule has 0 radical (unpaired) electrons. The van der Waals surface area contributed by atoms with Crippen molar-refractivity contribution in [1.82, 2.24) is 10.3 Å². The quantitative estimate of drug-likeness (QED) is 0.833. The van der Waals surface area contributed by atoms with Crippen LogP contribution in [0.3, 0.4) is 0 Å². The van der Waals surface area contributed by atoms with Crippen molar-refractivity contribution in [1.29, 1.82) is 0 Å². The number of ketones is 1. The Morgan fingerprint density at radius 2 is 1.95 bits per heavy atom. The van der Waals surface area contributed by atoms with Crippen LogP contribution in [0.25, 0.3) is 0 Å². The summed E-state index contributed by atoms with van der Waals surface area (Å²) >= 11 is 0. The highest BCUT2D eigenvalue weighted by Gasteiger charge is 2.38. The highest BCUT2D eigenvalue weighted by Crippen LogP contribution is 2.43. The summed E-state index contributed by atoms with van der Waals surface area (Å²) in [5.41, 5.74) is 2.32. The fourth-order valence-electron chi connectivity index (χ4n) is 3.04. The zero-order valence-electron chi connectivity index (χ0n) is 12.7. The molecule has 1 saturated carbocycles. The third-order valence-corrected chi connectivity index (χ3v) is 4.62. The van der Waals surface area contributed by atoms with Crippen LogP contribution in [0, 0.1) is 0 Å². The molecule has 2 aromatic rings. The molecule has 1 aromatic carbocycles. The molecule has 0 bridgehead atoms. The second-order valence-electron chi connectivity index (χ2n) is 6.04. The van der Waals surface area contributed by atoms with Gasteiger partial charge in [-0.05, 0) is 31.4 Å². The molecule has 0 saturated heterocycles. The maximum absolute atomic E-state index is 12.2. The van der Waals surface area contributed by atoms with E-state index in [0.29, 0.717) is 17.8 Å². The highest BCUT2D eigenvalue weighted by atomic mass is 16.2. The first-order chi connectivity index (χ1) is 10.6. The largest absolute Gasteiger partial charge is 0.356 e. The van der Waals surface area contributed by atoms with Gasteiger partial charge in [0.1, 0.15) is 5.69 Å². The number of benzene rings is 1. The number of carbonyl (C=O) groups is 2. The number of aromatic nitrogens is 1. The predicted molar refractivity (Wildman–Crippen MR) is 85.1 cm³/mol. The normalized spacial score (nSPS) is 15.9. The first kappa shape index (κ1) is 14.6. The van der Waals surface area contributed by atoms with E-state index >= 15 is 0 Å². The lowest BCUT2D eigenvalue weighted by Crippen LogP contribution is -2.45. The topological polar surface area (TPSA) is 62.0 Å². The Kier molecular flexibility index (Phi) is 3.84. The zero-order valence-corrected chi connectivity index (χ0v) is 12.7. The van der Waals surface area contributed by atoms with Crippen LogP contribution in [0.1, 0.15) is 52.6 Å². The summed E-state index contributed by atoms with van der Waals surface area (Å²) in [5, 5.41) is 3.01. The van der Waals surface area contributed by atoms with Crippen molar-refractivity contribution in [2.75, 3.05) is 6.54 Å². The number of H-pyrrole nitrogens is 1. The Labute approximate surface area is 129 Å². The lowest BCUT2D eigenvalue weighted by molar-refractivity contribution is 0.0923. The molecular weight excluding hydrogens is 276 g/mol. The number of hydrogen-bond donors (Lipinski definition) is 2. The molecule has 2 N–H and O–H groups in total. The van der Waals surface area contributed by atoms with Gasteiger partial charge in [-0.1, -0.05) is 36.8 Å². The lowest BCUT2D eigenvalue weighted by Gasteiger charge is -2.42. The molecule has 1 aliphatic carbocycles. The Morgan fingerprint density at radius 1 is 1.23 bits per heavy atom. The lowest BCUT2D eigenvalue weighted by atomic mass is 9.64. The van der Waals surface area contributed by atoms with Crippen LogP contribution in [0.2, 0.25) is 0 Å². The number of amides is 1. The van der Waals surface area contributed by atoms with E-state index in [0.717, 1.165) is 12.8 Å². The number of carbonyl (C=O) groups excluding carboxylic acids is 2. The van der Waals surface area contributed by atoms with Gasteiger partial charge in [0.2, 0.25) is 0 Å². The molecule has 0 atom stereocenters. The smallest absolute Gasteiger partial charge is 0.267 e. The average Bonchev–Trinajstić information content (AvgIpc) is 2.97. The molecule has 4 heteroatoms. The van der Waals surface area contributed by atoms with E-state index in [2.05, 4.69) is 22.4 Å². The van der Waals surface area contributed by atoms with Gasteiger partial charge in [0, 0.05) is 23.7 Å². The Bertz CT molecular complexity index is 684. The first-order valence-electron chi connectivity index (χ1n) is 7.64. The molecular formula is C18H20N2O2. The molecule has 114 valence electrons. The van der Waals surface area contributed by atoms with Gasteiger partial charge in [0.15, 0.2) is 5.78 Å². The molecule has 22 heavy (non-hydrogen) atoms. The van der Waals surface area contributed by atoms with E-state index in [4.69, 9.17) is 0 Å². The fourth-order valence-corrected chi connectivity index (χ4v) is 3.04. The molecule has 1 fully saturated rings. The molecule has 0 unspecified atom stereocenters. The minimum Gasteiger partial charge on any atom is -0.356 e. The minimum absolute atomic E-state index is 0.0463. The van der Waals surface area contributed by atoms with Gasteiger partial charge in [0.05, 0.1) is 0 Å². The van der Waals surface area contributed by atoms with Gasteiger partial charge in [-0.3, -0.25) is 9.59 Å². The third-order valence-electron chi connectivity index (χ3n) is 4.62. The predicted octanol–water partition coefficient (Wildman–Crippen LogP) is 3.07. The van der Waals surface area contributed by atoms with E-state index in [9.17, 15) is 9.59 Å².